The summed E-state index contributed by atoms with van der Waals surface area (Å²) in [5.41, 5.74) is -3.36. The zero-order valence-corrected chi connectivity index (χ0v) is 6.53. The highest BCUT2D eigenvalue weighted by Crippen LogP contribution is 2.24. The number of aromatic nitrogens is 1. The van der Waals surface area contributed by atoms with Gasteiger partial charge in [-0.25, -0.2) is 8.78 Å². The fourth-order valence-corrected chi connectivity index (χ4v) is 0.852. The Morgan fingerprint density at radius 1 is 1.57 bits per heavy atom. The van der Waals surface area contributed by atoms with Gasteiger partial charge >= 0.3 is 11.2 Å². The molecule has 1 aromatic heterocycles. The van der Waals surface area contributed by atoms with Crippen LogP contribution in [0.15, 0.2) is 10.9 Å². The molecule has 14 heavy (non-hydrogen) atoms. The lowest BCUT2D eigenvalue weighted by Crippen LogP contribution is -2.13. The maximum absolute atomic E-state index is 12.0. The van der Waals surface area contributed by atoms with Crippen LogP contribution in [0, 0.1) is 10.1 Å². The standard InChI is InChI=1S/C6H4F2N2O4/c7-5(8)2-1-3(11)4(10(13)14)6(12)9-2/h1,5H,(H2,9,11,12). The highest BCUT2D eigenvalue weighted by atomic mass is 19.3. The number of hydrogen-bond donors (Lipinski definition) is 2. The molecule has 0 bridgehead atoms. The van der Waals surface area contributed by atoms with Crippen LogP contribution in [0.25, 0.3) is 0 Å². The number of H-pyrrole nitrogens is 1. The number of nitrogens with zero attached hydrogens (tertiary/aromatic N) is 1. The maximum Gasteiger partial charge on any atom is 0.375 e. The average Bonchev–Trinajstić information content (AvgIpc) is 2.01. The van der Waals surface area contributed by atoms with E-state index >= 15 is 0 Å². The first kappa shape index (κ1) is 10.1. The van der Waals surface area contributed by atoms with Crippen molar-refractivity contribution in [3.63, 3.8) is 0 Å². The van der Waals surface area contributed by atoms with Gasteiger partial charge in [-0.3, -0.25) is 14.9 Å². The number of halogens is 2. The molecule has 8 heteroatoms. The summed E-state index contributed by atoms with van der Waals surface area (Å²) >= 11 is 0. The van der Waals surface area contributed by atoms with Gasteiger partial charge in [-0.2, -0.15) is 0 Å². The Morgan fingerprint density at radius 3 is 2.50 bits per heavy atom. The van der Waals surface area contributed by atoms with Gasteiger partial charge in [0, 0.05) is 6.07 Å². The summed E-state index contributed by atoms with van der Waals surface area (Å²) in [6, 6.07) is 0.449. The van der Waals surface area contributed by atoms with Crippen LogP contribution in [0.3, 0.4) is 0 Å². The van der Waals surface area contributed by atoms with E-state index in [1.165, 1.54) is 0 Å². The van der Waals surface area contributed by atoms with Crippen molar-refractivity contribution in [2.24, 2.45) is 0 Å². The van der Waals surface area contributed by atoms with Crippen LogP contribution >= 0.6 is 0 Å². The van der Waals surface area contributed by atoms with Crippen LogP contribution in [0.4, 0.5) is 14.5 Å². The molecule has 0 aliphatic carbocycles. The van der Waals surface area contributed by atoms with Crippen LogP contribution in [0.5, 0.6) is 5.75 Å². The molecule has 2 N–H and O–H groups in total. The van der Waals surface area contributed by atoms with Crippen molar-refractivity contribution < 1.29 is 18.8 Å². The molecule has 0 unspecified atom stereocenters. The number of rotatable bonds is 2. The zero-order chi connectivity index (χ0) is 10.9. The third-order valence-corrected chi connectivity index (χ3v) is 1.43. The summed E-state index contributed by atoms with van der Waals surface area (Å²) in [5.74, 6) is -1.07. The van der Waals surface area contributed by atoms with Crippen molar-refractivity contribution >= 4 is 5.69 Å². The van der Waals surface area contributed by atoms with E-state index in [1.807, 2.05) is 0 Å². The molecule has 0 atom stereocenters. The molecule has 0 spiro atoms. The number of hydrogen-bond acceptors (Lipinski definition) is 4. The van der Waals surface area contributed by atoms with Gasteiger partial charge < -0.3 is 10.1 Å². The first-order valence-electron chi connectivity index (χ1n) is 3.32. The van der Waals surface area contributed by atoms with E-state index in [9.17, 15) is 23.7 Å². The first-order valence-corrected chi connectivity index (χ1v) is 3.32. The van der Waals surface area contributed by atoms with Crippen LogP contribution in [0.1, 0.15) is 12.1 Å². The SMILES string of the molecule is O=c1[nH]c(C(F)F)cc(O)c1[N+](=O)[O-]. The molecule has 1 aromatic rings. The molecule has 0 radical (unpaired) electrons. The van der Waals surface area contributed by atoms with Gasteiger partial charge in [0.15, 0.2) is 0 Å². The topological polar surface area (TPSA) is 96.2 Å². The Kier molecular flexibility index (Phi) is 2.45. The third kappa shape index (κ3) is 1.68. The largest absolute Gasteiger partial charge is 0.502 e. The van der Waals surface area contributed by atoms with Crippen molar-refractivity contribution in [1.82, 2.24) is 4.98 Å². The zero-order valence-electron chi connectivity index (χ0n) is 6.53. The van der Waals surface area contributed by atoms with Gasteiger partial charge in [0.1, 0.15) is 0 Å². The predicted molar refractivity (Wildman–Crippen MR) is 40.3 cm³/mol. The smallest absolute Gasteiger partial charge is 0.375 e. The van der Waals surface area contributed by atoms with Gasteiger partial charge in [0.05, 0.1) is 10.6 Å². The number of pyridine rings is 1. The molecule has 0 saturated carbocycles. The molecule has 0 fully saturated rings. The van der Waals surface area contributed by atoms with E-state index in [0.717, 1.165) is 0 Å². The lowest BCUT2D eigenvalue weighted by atomic mass is 10.3. The van der Waals surface area contributed by atoms with Crippen LogP contribution in [-0.2, 0) is 0 Å². The number of nitro groups is 1. The van der Waals surface area contributed by atoms with Gasteiger partial charge in [0.2, 0.25) is 5.75 Å². The summed E-state index contributed by atoms with van der Waals surface area (Å²) in [6.45, 7) is 0. The quantitative estimate of drug-likeness (QED) is 0.555. The van der Waals surface area contributed by atoms with Crippen LogP contribution < -0.4 is 5.56 Å². The Bertz CT molecular complexity index is 428. The highest BCUT2D eigenvalue weighted by molar-refractivity contribution is 5.43. The van der Waals surface area contributed by atoms with Gasteiger partial charge in [-0.15, -0.1) is 0 Å². The van der Waals surface area contributed by atoms with E-state index < -0.39 is 34.0 Å². The minimum Gasteiger partial charge on any atom is -0.502 e. The first-order chi connectivity index (χ1) is 6.43. The molecule has 0 amide bonds. The van der Waals surface area contributed by atoms with Crippen LogP contribution in [-0.4, -0.2) is 15.0 Å². The van der Waals surface area contributed by atoms with Crippen molar-refractivity contribution in [1.29, 1.82) is 0 Å². The van der Waals surface area contributed by atoms with Crippen molar-refractivity contribution in [3.8, 4) is 5.75 Å². The average molecular weight is 206 g/mol. The second kappa shape index (κ2) is 3.40. The molecular formula is C6H4F2N2O4. The minimum atomic E-state index is -3.01. The summed E-state index contributed by atoms with van der Waals surface area (Å²) in [4.78, 5) is 21.4. The summed E-state index contributed by atoms with van der Waals surface area (Å²) in [5, 5.41) is 19.1. The number of nitrogens with one attached hydrogen (secondary N) is 1. The minimum absolute atomic E-state index is 0.449. The van der Waals surface area contributed by atoms with E-state index in [1.54, 1.807) is 4.98 Å². The van der Waals surface area contributed by atoms with Gasteiger partial charge in [-0.1, -0.05) is 0 Å². The molecule has 0 aromatic carbocycles. The number of alkyl halides is 2. The molecule has 6 nitrogen and oxygen atoms in total. The molecule has 1 rings (SSSR count). The molecule has 1 heterocycles. The lowest BCUT2D eigenvalue weighted by molar-refractivity contribution is -0.387. The summed E-state index contributed by atoms with van der Waals surface area (Å²) < 4.78 is 24.0. The van der Waals surface area contributed by atoms with E-state index in [0.29, 0.717) is 6.07 Å². The van der Waals surface area contributed by atoms with Gasteiger partial charge in [0.25, 0.3) is 6.43 Å². The number of aromatic amines is 1. The molecule has 0 aliphatic rings. The van der Waals surface area contributed by atoms with Gasteiger partial charge in [-0.05, 0) is 0 Å². The second-order valence-corrected chi connectivity index (χ2v) is 2.35. The summed E-state index contributed by atoms with van der Waals surface area (Å²) in [6.07, 6.45) is -3.01. The lowest BCUT2D eigenvalue weighted by Gasteiger charge is -2.00. The Balaban J connectivity index is 3.40. The monoisotopic (exact) mass is 206 g/mol. The highest BCUT2D eigenvalue weighted by Gasteiger charge is 2.22. The predicted octanol–water partition coefficient (Wildman–Crippen LogP) is 0.926. The third-order valence-electron chi connectivity index (χ3n) is 1.43. The molecule has 0 aliphatic heterocycles. The number of aromatic hydroxyl groups is 1. The fraction of sp³-hybridized carbons (Fsp3) is 0.167. The fourth-order valence-electron chi connectivity index (χ4n) is 0.852. The van der Waals surface area contributed by atoms with Crippen molar-refractivity contribution in [2.75, 3.05) is 0 Å². The Labute approximate surface area is 75.0 Å². The Hall–Kier alpha value is -1.99. The van der Waals surface area contributed by atoms with Crippen molar-refractivity contribution in [3.05, 3.63) is 32.2 Å². The van der Waals surface area contributed by atoms with E-state index in [-0.39, 0.29) is 0 Å². The van der Waals surface area contributed by atoms with Crippen molar-refractivity contribution in [2.45, 2.75) is 6.43 Å². The van der Waals surface area contributed by atoms with E-state index in [2.05, 4.69) is 0 Å². The van der Waals surface area contributed by atoms with E-state index in [4.69, 9.17) is 5.11 Å². The molecule has 76 valence electrons. The van der Waals surface area contributed by atoms with Crippen LogP contribution in [0.2, 0.25) is 0 Å². The molecular weight excluding hydrogens is 202 g/mol. The molecule has 0 saturated heterocycles. The summed E-state index contributed by atoms with van der Waals surface area (Å²) in [7, 11) is 0. The second-order valence-electron chi connectivity index (χ2n) is 2.35. The Morgan fingerprint density at radius 2 is 2.14 bits per heavy atom. The maximum atomic E-state index is 12.0. The normalized spacial score (nSPS) is 10.5.